The molecule has 0 aliphatic carbocycles. The van der Waals surface area contributed by atoms with Gasteiger partial charge in [0, 0.05) is 18.4 Å². The second kappa shape index (κ2) is 9.38. The van der Waals surface area contributed by atoms with Crippen LogP contribution >= 0.6 is 0 Å². The first kappa shape index (κ1) is 22.9. The van der Waals surface area contributed by atoms with Gasteiger partial charge < -0.3 is 14.2 Å². The first-order valence-electron chi connectivity index (χ1n) is 7.34. The molecule has 0 heterocycles. The van der Waals surface area contributed by atoms with E-state index in [0.717, 1.165) is 13.8 Å². The SMILES string of the molecule is C=C(C)C(=O)OCC(COC(=O)C(F)(F)CC)OC(=O)C(F)(F)CC. The number of rotatable bonds is 10. The van der Waals surface area contributed by atoms with E-state index in [1.165, 1.54) is 6.92 Å². The van der Waals surface area contributed by atoms with Gasteiger partial charge in [0.25, 0.3) is 0 Å². The molecule has 0 N–H and O–H groups in total. The molecule has 1 unspecified atom stereocenters. The Morgan fingerprint density at radius 1 is 0.920 bits per heavy atom. The van der Waals surface area contributed by atoms with Gasteiger partial charge in [-0.05, 0) is 6.92 Å². The predicted molar refractivity (Wildman–Crippen MR) is 77.1 cm³/mol. The molecular weight excluding hydrogens is 352 g/mol. The number of hydrogen-bond acceptors (Lipinski definition) is 6. The highest BCUT2D eigenvalue weighted by Gasteiger charge is 2.42. The quantitative estimate of drug-likeness (QED) is 0.254. The van der Waals surface area contributed by atoms with Gasteiger partial charge in [-0.15, -0.1) is 0 Å². The fourth-order valence-electron chi connectivity index (χ4n) is 1.21. The number of halogens is 4. The van der Waals surface area contributed by atoms with Gasteiger partial charge in [0.05, 0.1) is 0 Å². The number of carbonyl (C=O) groups excluding carboxylic acids is 3. The zero-order valence-electron chi connectivity index (χ0n) is 14.1. The molecule has 25 heavy (non-hydrogen) atoms. The molecule has 0 spiro atoms. The molecule has 0 aliphatic heterocycles. The summed E-state index contributed by atoms with van der Waals surface area (Å²) in [6.07, 6.45) is -3.38. The summed E-state index contributed by atoms with van der Waals surface area (Å²) in [5, 5.41) is 0. The highest BCUT2D eigenvalue weighted by Crippen LogP contribution is 2.22. The number of esters is 3. The van der Waals surface area contributed by atoms with Crippen LogP contribution in [0.2, 0.25) is 0 Å². The van der Waals surface area contributed by atoms with Crippen molar-refractivity contribution in [1.29, 1.82) is 0 Å². The molecule has 0 aromatic heterocycles. The zero-order chi connectivity index (χ0) is 19.8. The van der Waals surface area contributed by atoms with Crippen molar-refractivity contribution in [3.63, 3.8) is 0 Å². The van der Waals surface area contributed by atoms with E-state index in [1.54, 1.807) is 0 Å². The minimum absolute atomic E-state index is 0.0292. The van der Waals surface area contributed by atoms with Gasteiger partial charge in [0.15, 0.2) is 6.10 Å². The van der Waals surface area contributed by atoms with Crippen molar-refractivity contribution in [3.05, 3.63) is 12.2 Å². The molecule has 6 nitrogen and oxygen atoms in total. The van der Waals surface area contributed by atoms with E-state index in [0.29, 0.717) is 0 Å². The summed E-state index contributed by atoms with van der Waals surface area (Å²) in [4.78, 5) is 33.9. The van der Waals surface area contributed by atoms with Gasteiger partial charge in [0.2, 0.25) is 0 Å². The van der Waals surface area contributed by atoms with Crippen LogP contribution in [0.25, 0.3) is 0 Å². The Kier molecular flexibility index (Phi) is 8.58. The molecule has 0 aliphatic rings. The van der Waals surface area contributed by atoms with Gasteiger partial charge in [-0.3, -0.25) is 0 Å². The molecule has 0 fully saturated rings. The van der Waals surface area contributed by atoms with Crippen LogP contribution in [-0.4, -0.2) is 49.1 Å². The van der Waals surface area contributed by atoms with Gasteiger partial charge in [0.1, 0.15) is 13.2 Å². The van der Waals surface area contributed by atoms with Gasteiger partial charge in [-0.2, -0.15) is 17.6 Å². The second-order valence-corrected chi connectivity index (χ2v) is 5.12. The summed E-state index contributed by atoms with van der Waals surface area (Å²) in [5.74, 6) is -12.4. The largest absolute Gasteiger partial charge is 0.458 e. The summed E-state index contributed by atoms with van der Waals surface area (Å²) in [6, 6.07) is 0. The van der Waals surface area contributed by atoms with Crippen molar-refractivity contribution in [2.45, 2.75) is 51.6 Å². The lowest BCUT2D eigenvalue weighted by Gasteiger charge is -2.22. The molecule has 0 aromatic rings. The molecular formula is C15H20F4O6. The molecule has 0 radical (unpaired) electrons. The van der Waals surface area contributed by atoms with Crippen LogP contribution in [0, 0.1) is 0 Å². The fourth-order valence-corrected chi connectivity index (χ4v) is 1.21. The minimum atomic E-state index is -3.83. The summed E-state index contributed by atoms with van der Waals surface area (Å²) >= 11 is 0. The topological polar surface area (TPSA) is 78.9 Å². The summed E-state index contributed by atoms with van der Waals surface area (Å²) in [5.41, 5.74) is -0.0292. The van der Waals surface area contributed by atoms with Crippen LogP contribution in [0.4, 0.5) is 17.6 Å². The Labute approximate surface area is 142 Å². The predicted octanol–water partition coefficient (Wildman–Crippen LogP) is 2.65. The molecule has 1 atom stereocenters. The third-order valence-corrected chi connectivity index (χ3v) is 2.91. The number of ether oxygens (including phenoxy) is 3. The van der Waals surface area contributed by atoms with Crippen molar-refractivity contribution in [2.75, 3.05) is 13.2 Å². The average Bonchev–Trinajstić information content (AvgIpc) is 2.55. The Bertz CT molecular complexity index is 518. The maximum atomic E-state index is 13.3. The number of alkyl halides is 4. The standard InChI is InChI=1S/C15H20F4O6/c1-5-14(16,17)12(21)24-8-10(7-23-11(20)9(3)4)25-13(22)15(18,19)6-2/h10H,3,5-8H2,1-2,4H3. The normalized spacial score (nSPS) is 12.9. The van der Waals surface area contributed by atoms with Crippen molar-refractivity contribution < 1.29 is 46.2 Å². The summed E-state index contributed by atoms with van der Waals surface area (Å²) in [6.45, 7) is 4.88. The van der Waals surface area contributed by atoms with Crippen LogP contribution in [0.5, 0.6) is 0 Å². The molecule has 10 heteroatoms. The Hall–Kier alpha value is -2.13. The first-order valence-corrected chi connectivity index (χ1v) is 7.34. The third-order valence-electron chi connectivity index (χ3n) is 2.91. The molecule has 0 saturated heterocycles. The van der Waals surface area contributed by atoms with Crippen LogP contribution in [0.3, 0.4) is 0 Å². The minimum Gasteiger partial charge on any atom is -0.458 e. The molecule has 0 amide bonds. The van der Waals surface area contributed by atoms with E-state index in [-0.39, 0.29) is 5.57 Å². The molecule has 0 rings (SSSR count). The molecule has 0 aromatic carbocycles. The van der Waals surface area contributed by atoms with Crippen LogP contribution in [0.1, 0.15) is 33.6 Å². The van der Waals surface area contributed by atoms with E-state index in [4.69, 9.17) is 0 Å². The average molecular weight is 372 g/mol. The maximum Gasteiger partial charge on any atom is 0.377 e. The second-order valence-electron chi connectivity index (χ2n) is 5.12. The zero-order valence-corrected chi connectivity index (χ0v) is 14.1. The molecule has 144 valence electrons. The van der Waals surface area contributed by atoms with Gasteiger partial charge in [-0.1, -0.05) is 20.4 Å². The Morgan fingerprint density at radius 3 is 1.80 bits per heavy atom. The monoisotopic (exact) mass is 372 g/mol. The van der Waals surface area contributed by atoms with Crippen molar-refractivity contribution in [1.82, 2.24) is 0 Å². The maximum absolute atomic E-state index is 13.3. The third kappa shape index (κ3) is 7.53. The highest BCUT2D eigenvalue weighted by molar-refractivity contribution is 5.87. The summed E-state index contributed by atoms with van der Waals surface area (Å²) in [7, 11) is 0. The molecule has 0 bridgehead atoms. The van der Waals surface area contributed by atoms with E-state index in [2.05, 4.69) is 20.8 Å². The summed E-state index contributed by atoms with van der Waals surface area (Å²) < 4.78 is 66.1. The highest BCUT2D eigenvalue weighted by atomic mass is 19.3. The number of hydrogen-bond donors (Lipinski definition) is 0. The van der Waals surface area contributed by atoms with E-state index >= 15 is 0 Å². The van der Waals surface area contributed by atoms with Crippen molar-refractivity contribution in [2.24, 2.45) is 0 Å². The van der Waals surface area contributed by atoms with Gasteiger partial charge in [-0.25, -0.2) is 14.4 Å². The Morgan fingerprint density at radius 2 is 1.36 bits per heavy atom. The Balaban J connectivity index is 4.95. The lowest BCUT2D eigenvalue weighted by atomic mass is 10.2. The van der Waals surface area contributed by atoms with Crippen LogP contribution in [0.15, 0.2) is 12.2 Å². The number of carbonyl (C=O) groups is 3. The van der Waals surface area contributed by atoms with E-state index < -0.39 is 61.9 Å². The lowest BCUT2D eigenvalue weighted by molar-refractivity contribution is -0.191. The smallest absolute Gasteiger partial charge is 0.377 e. The van der Waals surface area contributed by atoms with Gasteiger partial charge >= 0.3 is 29.8 Å². The van der Waals surface area contributed by atoms with Crippen molar-refractivity contribution in [3.8, 4) is 0 Å². The van der Waals surface area contributed by atoms with Crippen molar-refractivity contribution >= 4 is 17.9 Å². The fraction of sp³-hybridized carbons (Fsp3) is 0.667. The molecule has 0 saturated carbocycles. The van der Waals surface area contributed by atoms with Crippen LogP contribution in [-0.2, 0) is 28.6 Å². The first-order chi connectivity index (χ1) is 11.4. The lowest BCUT2D eigenvalue weighted by Crippen LogP contribution is -2.39. The van der Waals surface area contributed by atoms with E-state index in [1.807, 2.05) is 0 Å². The van der Waals surface area contributed by atoms with E-state index in [9.17, 15) is 31.9 Å². The van der Waals surface area contributed by atoms with Crippen LogP contribution < -0.4 is 0 Å².